The molecule has 0 radical (unpaired) electrons. The van der Waals surface area contributed by atoms with Crippen molar-refractivity contribution >= 4 is 16.6 Å². The van der Waals surface area contributed by atoms with E-state index in [0.717, 1.165) is 5.56 Å². The molecule has 15 heavy (non-hydrogen) atoms. The van der Waals surface area contributed by atoms with Gasteiger partial charge in [-0.15, -0.1) is 3.89 Å². The molecule has 1 aromatic carbocycles. The van der Waals surface area contributed by atoms with Crippen LogP contribution in [0.5, 0.6) is 0 Å². The highest BCUT2D eigenvalue weighted by atomic mass is 32.3. The normalized spacial score (nSPS) is 15.1. The van der Waals surface area contributed by atoms with Crippen molar-refractivity contribution in [3.8, 4) is 0 Å². The van der Waals surface area contributed by atoms with Gasteiger partial charge < -0.3 is 4.90 Å². The monoisotopic (exact) mass is 229 g/mol. The molecule has 1 aliphatic heterocycles. The molecule has 2 rings (SSSR count). The molecule has 0 saturated heterocycles. The van der Waals surface area contributed by atoms with Crippen LogP contribution in [-0.4, -0.2) is 19.7 Å². The van der Waals surface area contributed by atoms with Crippen LogP contribution in [0.4, 0.5) is 3.89 Å². The first-order valence-corrected chi connectivity index (χ1v) is 5.65. The summed E-state index contributed by atoms with van der Waals surface area (Å²) in [5.41, 5.74) is 1.54. The molecule has 1 heterocycles. The Morgan fingerprint density at radius 1 is 1.27 bits per heavy atom. The van der Waals surface area contributed by atoms with E-state index in [-0.39, 0.29) is 4.90 Å². The first-order chi connectivity index (χ1) is 7.00. The fourth-order valence-corrected chi connectivity index (χ4v) is 2.14. The number of amides is 1. The van der Waals surface area contributed by atoms with Gasteiger partial charge >= 0.3 is 10.2 Å². The Hall–Kier alpha value is -1.43. The van der Waals surface area contributed by atoms with Gasteiger partial charge in [-0.2, -0.15) is 8.42 Å². The Labute approximate surface area is 86.5 Å². The van der Waals surface area contributed by atoms with Gasteiger partial charge in [0.15, 0.2) is 0 Å². The lowest BCUT2D eigenvalue weighted by Gasteiger charge is -2.04. The van der Waals surface area contributed by atoms with Gasteiger partial charge in [-0.25, -0.2) is 0 Å². The fraction of sp³-hybridized carbons (Fsp3) is 0.222. The molecule has 1 amide bonds. The Morgan fingerprint density at radius 2 is 1.93 bits per heavy atom. The molecule has 6 heteroatoms. The Morgan fingerprint density at radius 3 is 2.53 bits per heavy atom. The molecule has 4 nitrogen and oxygen atoms in total. The van der Waals surface area contributed by atoms with E-state index in [1.54, 1.807) is 0 Å². The summed E-state index contributed by atoms with van der Waals surface area (Å²) >= 11 is 0. The molecule has 0 fully saturated rings. The van der Waals surface area contributed by atoms with E-state index in [0.29, 0.717) is 25.1 Å². The van der Waals surface area contributed by atoms with Crippen molar-refractivity contribution in [2.45, 2.75) is 18.0 Å². The topological polar surface area (TPSA) is 54.5 Å². The maximum absolute atomic E-state index is 12.7. The summed E-state index contributed by atoms with van der Waals surface area (Å²) in [6.07, 6.45) is 0.684. The zero-order valence-electron chi connectivity index (χ0n) is 7.68. The van der Waals surface area contributed by atoms with Gasteiger partial charge in [-0.1, -0.05) is 6.07 Å². The summed E-state index contributed by atoms with van der Waals surface area (Å²) in [7, 11) is -4.66. The Kier molecular flexibility index (Phi) is 2.22. The number of fused-ring (bicyclic) bond motifs is 1. The summed E-state index contributed by atoms with van der Waals surface area (Å²) in [6, 6.07) is 4.02. The van der Waals surface area contributed by atoms with Gasteiger partial charge in [-0.3, -0.25) is 4.79 Å². The first kappa shape index (κ1) is 10.1. The summed E-state index contributed by atoms with van der Waals surface area (Å²) in [6.45, 7) is 0.785. The standard InChI is InChI=1S/C9H8FNO3S/c10-15(13,14)9-2-1-7-4-11(6-12)5-8(7)3-9/h1-3,6H,4-5H2. The minimum Gasteiger partial charge on any atom is -0.337 e. The zero-order valence-corrected chi connectivity index (χ0v) is 8.50. The molecule has 0 spiro atoms. The summed E-state index contributed by atoms with van der Waals surface area (Å²) in [5.74, 6) is 0. The molecule has 0 aromatic heterocycles. The van der Waals surface area contributed by atoms with E-state index in [1.165, 1.54) is 23.1 Å². The number of benzene rings is 1. The molecule has 0 N–H and O–H groups in total. The van der Waals surface area contributed by atoms with Crippen LogP contribution in [0.1, 0.15) is 11.1 Å². The van der Waals surface area contributed by atoms with Crippen LogP contribution in [0.25, 0.3) is 0 Å². The average molecular weight is 229 g/mol. The largest absolute Gasteiger partial charge is 0.337 e. The predicted molar refractivity (Wildman–Crippen MR) is 50.0 cm³/mol. The number of hydrogen-bond acceptors (Lipinski definition) is 3. The van der Waals surface area contributed by atoms with Crippen LogP contribution in [0, 0.1) is 0 Å². The van der Waals surface area contributed by atoms with Crippen LogP contribution in [0.2, 0.25) is 0 Å². The molecular formula is C9H8FNO3S. The number of carbonyl (C=O) groups excluding carboxylic acids is 1. The van der Waals surface area contributed by atoms with Crippen LogP contribution in [0.3, 0.4) is 0 Å². The second kappa shape index (κ2) is 3.30. The van der Waals surface area contributed by atoms with Gasteiger partial charge in [-0.05, 0) is 23.3 Å². The van der Waals surface area contributed by atoms with E-state index in [9.17, 15) is 17.1 Å². The highest BCUT2D eigenvalue weighted by Crippen LogP contribution is 2.25. The third-order valence-electron chi connectivity index (χ3n) is 2.36. The van der Waals surface area contributed by atoms with Gasteiger partial charge in [0.25, 0.3) is 0 Å². The second-order valence-electron chi connectivity index (χ2n) is 3.38. The predicted octanol–water partition coefficient (Wildman–Crippen LogP) is 0.817. The summed E-state index contributed by atoms with van der Waals surface area (Å²) in [4.78, 5) is 11.6. The number of nitrogens with zero attached hydrogens (tertiary/aromatic N) is 1. The second-order valence-corrected chi connectivity index (χ2v) is 4.73. The SMILES string of the molecule is O=CN1Cc2ccc(S(=O)(=O)F)cc2C1. The molecule has 80 valence electrons. The van der Waals surface area contributed by atoms with Crippen molar-refractivity contribution in [3.05, 3.63) is 29.3 Å². The number of halogens is 1. The van der Waals surface area contributed by atoms with Crippen molar-refractivity contribution in [2.75, 3.05) is 0 Å². The lowest BCUT2D eigenvalue weighted by Crippen LogP contribution is -2.12. The molecule has 0 saturated carbocycles. The fourth-order valence-electron chi connectivity index (χ4n) is 1.62. The minimum atomic E-state index is -4.66. The molecule has 0 unspecified atom stereocenters. The third-order valence-corrected chi connectivity index (χ3v) is 3.17. The van der Waals surface area contributed by atoms with Crippen molar-refractivity contribution in [3.63, 3.8) is 0 Å². The van der Waals surface area contributed by atoms with Gasteiger partial charge in [0.2, 0.25) is 6.41 Å². The first-order valence-electron chi connectivity index (χ1n) is 4.26. The smallest absolute Gasteiger partial charge is 0.332 e. The van der Waals surface area contributed by atoms with Crippen LogP contribution in [0.15, 0.2) is 23.1 Å². The highest BCUT2D eigenvalue weighted by molar-refractivity contribution is 7.86. The Balaban J connectivity index is 2.43. The molecule has 1 aliphatic rings. The summed E-state index contributed by atoms with van der Waals surface area (Å²) < 4.78 is 33.9. The van der Waals surface area contributed by atoms with Gasteiger partial charge in [0, 0.05) is 13.1 Å². The Bertz CT molecular complexity index is 512. The molecular weight excluding hydrogens is 221 g/mol. The third kappa shape index (κ3) is 1.85. The van der Waals surface area contributed by atoms with Crippen molar-refractivity contribution in [1.82, 2.24) is 4.90 Å². The molecule has 0 aliphatic carbocycles. The lowest BCUT2D eigenvalue weighted by molar-refractivity contribution is -0.118. The highest BCUT2D eigenvalue weighted by Gasteiger charge is 2.20. The maximum Gasteiger partial charge on any atom is 0.332 e. The number of hydrogen-bond donors (Lipinski definition) is 0. The number of rotatable bonds is 2. The van der Waals surface area contributed by atoms with Crippen molar-refractivity contribution in [2.24, 2.45) is 0 Å². The van der Waals surface area contributed by atoms with Gasteiger partial charge in [0.05, 0.1) is 4.90 Å². The van der Waals surface area contributed by atoms with E-state index in [1.807, 2.05) is 0 Å². The van der Waals surface area contributed by atoms with E-state index >= 15 is 0 Å². The lowest BCUT2D eigenvalue weighted by atomic mass is 10.1. The quantitative estimate of drug-likeness (QED) is 0.557. The zero-order chi connectivity index (χ0) is 11.1. The summed E-state index contributed by atoms with van der Waals surface area (Å²) in [5, 5.41) is 0. The molecule has 0 atom stereocenters. The number of carbonyl (C=O) groups is 1. The molecule has 0 bridgehead atoms. The van der Waals surface area contributed by atoms with E-state index in [4.69, 9.17) is 0 Å². The maximum atomic E-state index is 12.7. The van der Waals surface area contributed by atoms with Crippen LogP contribution < -0.4 is 0 Å². The van der Waals surface area contributed by atoms with Crippen LogP contribution >= 0.6 is 0 Å². The van der Waals surface area contributed by atoms with Gasteiger partial charge in [0.1, 0.15) is 0 Å². The molecule has 1 aromatic rings. The average Bonchev–Trinajstić information content (AvgIpc) is 2.57. The van der Waals surface area contributed by atoms with E-state index in [2.05, 4.69) is 0 Å². The van der Waals surface area contributed by atoms with Crippen molar-refractivity contribution < 1.29 is 17.1 Å². The van der Waals surface area contributed by atoms with E-state index < -0.39 is 10.2 Å². The van der Waals surface area contributed by atoms with Crippen LogP contribution in [-0.2, 0) is 28.1 Å². The minimum absolute atomic E-state index is 0.336. The van der Waals surface area contributed by atoms with Crippen molar-refractivity contribution in [1.29, 1.82) is 0 Å².